The molecule has 3 amide bonds. The molecule has 0 bridgehead atoms. The lowest BCUT2D eigenvalue weighted by atomic mass is 9.98. The highest BCUT2D eigenvalue weighted by Crippen LogP contribution is 2.30. The van der Waals surface area contributed by atoms with E-state index in [1.807, 2.05) is 30.3 Å². The average Bonchev–Trinajstić information content (AvgIpc) is 2.89. The molecule has 0 aromatic heterocycles. The minimum Gasteiger partial charge on any atom is -0.444 e. The van der Waals surface area contributed by atoms with Crippen molar-refractivity contribution in [3.8, 4) is 0 Å². The largest absolute Gasteiger partial charge is 0.444 e. The highest BCUT2D eigenvalue weighted by molar-refractivity contribution is 5.90. The maximum Gasteiger partial charge on any atom is 0.411 e. The summed E-state index contributed by atoms with van der Waals surface area (Å²) in [5, 5.41) is 0. The lowest BCUT2D eigenvalue weighted by Gasteiger charge is -2.52. The molecule has 0 aliphatic carbocycles. The predicted octanol–water partition coefficient (Wildman–Crippen LogP) is 3.14. The van der Waals surface area contributed by atoms with Crippen molar-refractivity contribution in [2.45, 2.75) is 51.0 Å². The van der Waals surface area contributed by atoms with Crippen molar-refractivity contribution in [3.63, 3.8) is 0 Å². The van der Waals surface area contributed by atoms with E-state index < -0.39 is 47.9 Å². The number of nitrogens with two attached hydrogens (primary N) is 1. The van der Waals surface area contributed by atoms with Crippen LogP contribution in [0.25, 0.3) is 0 Å². The summed E-state index contributed by atoms with van der Waals surface area (Å²) < 4.78 is 46.8. The van der Waals surface area contributed by atoms with E-state index in [1.54, 1.807) is 4.90 Å². The number of hydrogen-bond acceptors (Lipinski definition) is 5. The second-order valence-electron chi connectivity index (χ2n) is 9.11. The number of fused-ring (bicyclic) bond motifs is 1. The number of carbonyl (C=O) groups excluding carboxylic acids is 3. The van der Waals surface area contributed by atoms with Crippen LogP contribution in [-0.2, 0) is 27.5 Å². The lowest BCUT2D eigenvalue weighted by molar-refractivity contribution is -0.169. The molecular weight excluding hydrogens is 489 g/mol. The fourth-order valence-corrected chi connectivity index (χ4v) is 4.82. The Morgan fingerprint density at radius 2 is 1.76 bits per heavy atom. The van der Waals surface area contributed by atoms with Crippen LogP contribution >= 0.6 is 0 Å². The first-order chi connectivity index (χ1) is 17.8. The molecule has 37 heavy (non-hydrogen) atoms. The zero-order valence-corrected chi connectivity index (χ0v) is 20.2. The molecule has 2 N–H and O–H groups in total. The summed E-state index contributed by atoms with van der Waals surface area (Å²) in [4.78, 5) is 43.8. The molecule has 2 saturated heterocycles. The Labute approximate surface area is 212 Å². The molecule has 0 spiro atoms. The summed E-state index contributed by atoms with van der Waals surface area (Å²) in [6.07, 6.45) is -0.100. The van der Waals surface area contributed by atoms with Crippen molar-refractivity contribution < 1.29 is 32.3 Å². The van der Waals surface area contributed by atoms with Crippen molar-refractivity contribution >= 4 is 17.9 Å². The molecule has 0 radical (unpaired) electrons. The first kappa shape index (κ1) is 26.5. The van der Waals surface area contributed by atoms with E-state index >= 15 is 0 Å². The van der Waals surface area contributed by atoms with Gasteiger partial charge in [0.25, 0.3) is 0 Å². The number of unbranched alkanes of at least 4 members (excludes halogenated alkanes) is 1. The van der Waals surface area contributed by atoms with Crippen LogP contribution in [0, 0.1) is 17.5 Å². The highest BCUT2D eigenvalue weighted by Gasteiger charge is 2.48. The summed E-state index contributed by atoms with van der Waals surface area (Å²) in [5.74, 6) is -4.21. The minimum absolute atomic E-state index is 0.00976. The fraction of sp³-hybridized carbons (Fsp3) is 0.423. The average molecular weight is 519 g/mol. The van der Waals surface area contributed by atoms with Gasteiger partial charge in [-0.1, -0.05) is 30.3 Å². The molecule has 2 aliphatic rings. The number of amides is 3. The number of hydrogen-bond donors (Lipinski definition) is 1. The number of carbonyl (C=O) groups is 3. The molecule has 8 nitrogen and oxygen atoms in total. The highest BCUT2D eigenvalue weighted by atomic mass is 19.2. The number of nitrogens with zero attached hydrogens (tertiary/aromatic N) is 3. The molecule has 0 unspecified atom stereocenters. The zero-order valence-electron chi connectivity index (χ0n) is 20.2. The van der Waals surface area contributed by atoms with E-state index in [2.05, 4.69) is 0 Å². The van der Waals surface area contributed by atoms with E-state index in [1.165, 1.54) is 9.80 Å². The van der Waals surface area contributed by atoms with E-state index in [0.29, 0.717) is 31.9 Å². The smallest absolute Gasteiger partial charge is 0.411 e. The minimum atomic E-state index is -1.43. The SMILES string of the molecule is NCCCC[C@H]1C(=O)N(Cc2ccccc2)C[C@@H]2N(C(=O)OCc3c(F)ccc(F)c3F)CCC(=O)N21. The Morgan fingerprint density at radius 3 is 2.49 bits per heavy atom. The van der Waals surface area contributed by atoms with E-state index in [-0.39, 0.29) is 37.9 Å². The Morgan fingerprint density at radius 1 is 1.03 bits per heavy atom. The molecule has 2 atom stereocenters. The third-order valence-electron chi connectivity index (χ3n) is 6.71. The maximum absolute atomic E-state index is 14.0. The first-order valence-electron chi connectivity index (χ1n) is 12.2. The Hall–Kier alpha value is -3.60. The number of benzene rings is 2. The summed E-state index contributed by atoms with van der Waals surface area (Å²) in [5.41, 5.74) is 5.80. The fourth-order valence-electron chi connectivity index (χ4n) is 4.82. The van der Waals surface area contributed by atoms with Crippen LogP contribution in [0.1, 0.15) is 36.8 Å². The molecule has 0 saturated carbocycles. The Balaban J connectivity index is 1.57. The molecule has 4 rings (SSSR count). The lowest BCUT2D eigenvalue weighted by Crippen LogP contribution is -2.71. The van der Waals surface area contributed by atoms with Gasteiger partial charge in [0.15, 0.2) is 11.6 Å². The summed E-state index contributed by atoms with van der Waals surface area (Å²) in [6.45, 7) is -0.0373. The second-order valence-corrected chi connectivity index (χ2v) is 9.11. The van der Waals surface area contributed by atoms with Crippen LogP contribution in [0.2, 0.25) is 0 Å². The standard InChI is InChI=1S/C26H29F3N4O4/c27-19-9-10-20(28)24(29)18(19)16-37-26(36)32-13-11-23(34)33-21(8-4-5-12-30)25(35)31(15-22(32)33)14-17-6-2-1-3-7-17/h1-3,6-7,9-10,21-22H,4-5,8,11-16,30H2/t21-,22+/m0/s1. The van der Waals surface area contributed by atoms with Gasteiger partial charge in [-0.3, -0.25) is 14.5 Å². The van der Waals surface area contributed by atoms with E-state index in [4.69, 9.17) is 10.5 Å². The van der Waals surface area contributed by atoms with Crippen LogP contribution in [-0.4, -0.2) is 64.4 Å². The molecule has 2 aliphatic heterocycles. The van der Waals surface area contributed by atoms with Gasteiger partial charge in [0, 0.05) is 19.5 Å². The van der Waals surface area contributed by atoms with E-state index in [9.17, 15) is 27.6 Å². The van der Waals surface area contributed by atoms with Gasteiger partial charge in [-0.15, -0.1) is 0 Å². The molecular formula is C26H29F3N4O4. The third-order valence-corrected chi connectivity index (χ3v) is 6.71. The van der Waals surface area contributed by atoms with Gasteiger partial charge in [-0.05, 0) is 43.5 Å². The van der Waals surface area contributed by atoms with Crippen LogP contribution in [0.5, 0.6) is 0 Å². The van der Waals surface area contributed by atoms with Gasteiger partial charge in [-0.2, -0.15) is 0 Å². The maximum atomic E-state index is 14.0. The Bertz CT molecular complexity index is 1150. The van der Waals surface area contributed by atoms with Crippen molar-refractivity contribution in [2.24, 2.45) is 5.73 Å². The van der Waals surface area contributed by atoms with Gasteiger partial charge in [0.1, 0.15) is 24.6 Å². The molecule has 2 aromatic rings. The molecule has 2 aromatic carbocycles. The van der Waals surface area contributed by atoms with Crippen LogP contribution in [0.3, 0.4) is 0 Å². The van der Waals surface area contributed by atoms with Crippen molar-refractivity contribution in [2.75, 3.05) is 19.6 Å². The van der Waals surface area contributed by atoms with Gasteiger partial charge < -0.3 is 20.3 Å². The molecule has 2 fully saturated rings. The van der Waals surface area contributed by atoms with Gasteiger partial charge >= 0.3 is 6.09 Å². The number of halogens is 3. The Kier molecular flexibility index (Phi) is 8.32. The third kappa shape index (κ3) is 5.71. The first-order valence-corrected chi connectivity index (χ1v) is 12.2. The van der Waals surface area contributed by atoms with Crippen LogP contribution < -0.4 is 5.73 Å². The normalized spacial score (nSPS) is 19.7. The van der Waals surface area contributed by atoms with Gasteiger partial charge in [0.05, 0.1) is 12.1 Å². The quantitative estimate of drug-likeness (QED) is 0.428. The number of piperazine rings is 1. The molecule has 198 valence electrons. The zero-order chi connectivity index (χ0) is 26.5. The second kappa shape index (κ2) is 11.6. The molecule has 2 heterocycles. The molecule has 11 heteroatoms. The van der Waals surface area contributed by atoms with E-state index in [0.717, 1.165) is 11.6 Å². The predicted molar refractivity (Wildman–Crippen MR) is 127 cm³/mol. The van der Waals surface area contributed by atoms with Crippen molar-refractivity contribution in [1.29, 1.82) is 0 Å². The van der Waals surface area contributed by atoms with Crippen LogP contribution in [0.4, 0.5) is 18.0 Å². The van der Waals surface area contributed by atoms with Crippen molar-refractivity contribution in [3.05, 3.63) is 71.0 Å². The number of ether oxygens (including phenoxy) is 1. The van der Waals surface area contributed by atoms with Gasteiger partial charge in [0.2, 0.25) is 11.8 Å². The van der Waals surface area contributed by atoms with Crippen LogP contribution in [0.15, 0.2) is 42.5 Å². The number of rotatable bonds is 8. The topological polar surface area (TPSA) is 96.2 Å². The van der Waals surface area contributed by atoms with Crippen molar-refractivity contribution in [1.82, 2.24) is 14.7 Å². The summed E-state index contributed by atoms with van der Waals surface area (Å²) >= 11 is 0. The monoisotopic (exact) mass is 518 g/mol. The summed E-state index contributed by atoms with van der Waals surface area (Å²) in [7, 11) is 0. The van der Waals surface area contributed by atoms with Gasteiger partial charge in [-0.25, -0.2) is 18.0 Å². The summed E-state index contributed by atoms with van der Waals surface area (Å²) in [6, 6.07) is 9.95.